The fourth-order valence-electron chi connectivity index (χ4n) is 0.283. The molecule has 0 heterocycles. The van der Waals surface area contributed by atoms with Gasteiger partial charge < -0.3 is 11.1 Å². The minimum absolute atomic E-state index is 0.123. The number of nitrogens with one attached hydrogen (secondary N) is 1. The zero-order valence-electron chi connectivity index (χ0n) is 4.52. The van der Waals surface area contributed by atoms with Gasteiger partial charge in [0, 0.05) is 0 Å². The van der Waals surface area contributed by atoms with Crippen LogP contribution >= 0.6 is 12.6 Å². The van der Waals surface area contributed by atoms with Crippen LogP contribution in [0.25, 0.3) is 0 Å². The van der Waals surface area contributed by atoms with Gasteiger partial charge in [0.1, 0.15) is 0 Å². The highest BCUT2D eigenvalue weighted by molar-refractivity contribution is 7.80. The van der Waals surface area contributed by atoms with Gasteiger partial charge in [0.25, 0.3) is 0 Å². The summed E-state index contributed by atoms with van der Waals surface area (Å²) in [6.07, 6.45) is 1.05. The molecule has 0 bridgehead atoms. The highest BCUT2D eigenvalue weighted by Crippen LogP contribution is 1.83. The zero-order chi connectivity index (χ0) is 5.70. The molecule has 1 atom stereocenters. The second kappa shape index (κ2) is 4.43. The van der Waals surface area contributed by atoms with E-state index in [1.165, 1.54) is 0 Å². The lowest BCUT2D eigenvalue weighted by Gasteiger charge is -2.05. The molecule has 2 nitrogen and oxygen atoms in total. The van der Waals surface area contributed by atoms with Gasteiger partial charge in [-0.3, -0.25) is 0 Å². The molecule has 0 fully saturated rings. The highest BCUT2D eigenvalue weighted by Gasteiger charge is 1.91. The van der Waals surface area contributed by atoms with Crippen molar-refractivity contribution in [3.63, 3.8) is 0 Å². The number of thiol groups is 1. The smallest absolute Gasteiger partial charge is 0.0551 e. The van der Waals surface area contributed by atoms with Crippen molar-refractivity contribution in [2.24, 2.45) is 5.73 Å². The molecule has 0 aromatic rings. The molecule has 0 aliphatic heterocycles. The molecule has 0 aliphatic rings. The van der Waals surface area contributed by atoms with Gasteiger partial charge in [-0.15, -0.1) is 0 Å². The Morgan fingerprint density at radius 3 is 2.57 bits per heavy atom. The van der Waals surface area contributed by atoms with Crippen LogP contribution in [0.5, 0.6) is 0 Å². The van der Waals surface area contributed by atoms with E-state index in [4.69, 9.17) is 5.73 Å². The normalized spacial score (nSPS) is 14.1. The van der Waals surface area contributed by atoms with Gasteiger partial charge in [-0.05, 0) is 19.2 Å². The summed E-state index contributed by atoms with van der Waals surface area (Å²) >= 11 is 3.99. The predicted octanol–water partition coefficient (Wildman–Crippen LogP) is -0.190. The third-order valence-corrected chi connectivity index (χ3v) is 1.07. The number of hydrogen-bond donors (Lipinski definition) is 3. The summed E-state index contributed by atoms with van der Waals surface area (Å²) in [6.45, 7) is 0. The van der Waals surface area contributed by atoms with Crippen LogP contribution in [0.1, 0.15) is 6.42 Å². The topological polar surface area (TPSA) is 38.0 Å². The Morgan fingerprint density at radius 1 is 1.86 bits per heavy atom. The zero-order valence-corrected chi connectivity index (χ0v) is 5.41. The molecule has 0 saturated carbocycles. The minimum Gasteiger partial charge on any atom is -0.316 e. The first kappa shape index (κ1) is 7.27. The van der Waals surface area contributed by atoms with Crippen molar-refractivity contribution >= 4 is 12.6 Å². The van der Waals surface area contributed by atoms with Gasteiger partial charge in [0.05, 0.1) is 6.17 Å². The second-order valence-corrected chi connectivity index (χ2v) is 1.85. The Bertz CT molecular complexity index is 40.7. The second-order valence-electron chi connectivity index (χ2n) is 1.41. The quantitative estimate of drug-likeness (QED) is 0.357. The van der Waals surface area contributed by atoms with Crippen LogP contribution in [0.4, 0.5) is 0 Å². The van der Waals surface area contributed by atoms with Crippen LogP contribution in [0, 0.1) is 0 Å². The molecule has 3 heteroatoms. The molecular weight excluding hydrogens is 108 g/mol. The van der Waals surface area contributed by atoms with E-state index >= 15 is 0 Å². The van der Waals surface area contributed by atoms with E-state index in [1.54, 1.807) is 0 Å². The molecule has 7 heavy (non-hydrogen) atoms. The van der Waals surface area contributed by atoms with Crippen molar-refractivity contribution in [1.82, 2.24) is 5.32 Å². The molecular formula is C4H12N2S. The van der Waals surface area contributed by atoms with Crippen molar-refractivity contribution in [1.29, 1.82) is 0 Å². The van der Waals surface area contributed by atoms with Gasteiger partial charge >= 0.3 is 0 Å². The summed E-state index contributed by atoms with van der Waals surface area (Å²) in [5.74, 6) is 0.849. The van der Waals surface area contributed by atoms with E-state index in [9.17, 15) is 0 Å². The SMILES string of the molecule is CNC(N)CCS. The summed E-state index contributed by atoms with van der Waals surface area (Å²) in [5, 5.41) is 2.89. The fraction of sp³-hybridized carbons (Fsp3) is 1.00. The molecule has 44 valence electrons. The molecule has 0 rings (SSSR count). The van der Waals surface area contributed by atoms with Crippen LogP contribution in [0.2, 0.25) is 0 Å². The average molecular weight is 120 g/mol. The molecule has 0 radical (unpaired) electrons. The first-order valence-electron chi connectivity index (χ1n) is 2.35. The highest BCUT2D eigenvalue weighted by atomic mass is 32.1. The van der Waals surface area contributed by atoms with Crippen LogP contribution < -0.4 is 11.1 Å². The maximum atomic E-state index is 5.42. The lowest BCUT2D eigenvalue weighted by atomic mass is 10.4. The van der Waals surface area contributed by atoms with E-state index in [2.05, 4.69) is 17.9 Å². The maximum absolute atomic E-state index is 5.42. The predicted molar refractivity (Wildman–Crippen MR) is 35.5 cm³/mol. The van der Waals surface area contributed by atoms with Crippen molar-refractivity contribution in [3.05, 3.63) is 0 Å². The van der Waals surface area contributed by atoms with Crippen molar-refractivity contribution in [3.8, 4) is 0 Å². The molecule has 0 aromatic carbocycles. The van der Waals surface area contributed by atoms with Gasteiger partial charge in [-0.25, -0.2) is 0 Å². The van der Waals surface area contributed by atoms with E-state index < -0.39 is 0 Å². The fourth-order valence-corrected chi connectivity index (χ4v) is 0.562. The molecule has 0 saturated heterocycles. The van der Waals surface area contributed by atoms with Crippen LogP contribution in [0.3, 0.4) is 0 Å². The summed E-state index contributed by atoms with van der Waals surface area (Å²) in [6, 6.07) is 0. The minimum atomic E-state index is 0.123. The largest absolute Gasteiger partial charge is 0.316 e. The third kappa shape index (κ3) is 4.12. The standard InChI is InChI=1S/C4H12N2S/c1-6-4(5)2-3-7/h4,6-7H,2-3,5H2,1H3. The van der Waals surface area contributed by atoms with Crippen molar-refractivity contribution in [2.45, 2.75) is 12.6 Å². The Labute approximate surface area is 49.9 Å². The Kier molecular flexibility index (Phi) is 4.60. The molecule has 0 spiro atoms. The Morgan fingerprint density at radius 2 is 2.43 bits per heavy atom. The summed E-state index contributed by atoms with van der Waals surface area (Å²) in [4.78, 5) is 0. The summed E-state index contributed by atoms with van der Waals surface area (Å²) < 4.78 is 0. The number of rotatable bonds is 3. The average Bonchev–Trinajstić information content (AvgIpc) is 1.68. The van der Waals surface area contributed by atoms with E-state index in [-0.39, 0.29) is 6.17 Å². The van der Waals surface area contributed by atoms with Gasteiger partial charge in [-0.2, -0.15) is 12.6 Å². The lowest BCUT2D eigenvalue weighted by Crippen LogP contribution is -2.34. The third-order valence-electron chi connectivity index (χ3n) is 0.811. The van der Waals surface area contributed by atoms with Crippen LogP contribution in [-0.2, 0) is 0 Å². The molecule has 0 aliphatic carbocycles. The molecule has 3 N–H and O–H groups in total. The monoisotopic (exact) mass is 120 g/mol. The molecule has 0 amide bonds. The lowest BCUT2D eigenvalue weighted by molar-refractivity contribution is 0.572. The molecule has 1 unspecified atom stereocenters. The Balaban J connectivity index is 2.83. The van der Waals surface area contributed by atoms with E-state index in [0.29, 0.717) is 0 Å². The number of nitrogens with two attached hydrogens (primary N) is 1. The maximum Gasteiger partial charge on any atom is 0.0551 e. The summed E-state index contributed by atoms with van der Waals surface area (Å²) in [5.41, 5.74) is 5.42. The molecule has 0 aromatic heterocycles. The Hall–Kier alpha value is 0.270. The van der Waals surface area contributed by atoms with Crippen LogP contribution in [-0.4, -0.2) is 19.0 Å². The van der Waals surface area contributed by atoms with Crippen molar-refractivity contribution in [2.75, 3.05) is 12.8 Å². The van der Waals surface area contributed by atoms with E-state index in [1.807, 2.05) is 7.05 Å². The first-order valence-corrected chi connectivity index (χ1v) is 2.98. The van der Waals surface area contributed by atoms with Gasteiger partial charge in [0.2, 0.25) is 0 Å². The number of hydrogen-bond acceptors (Lipinski definition) is 3. The van der Waals surface area contributed by atoms with Crippen molar-refractivity contribution < 1.29 is 0 Å². The first-order chi connectivity index (χ1) is 3.31. The van der Waals surface area contributed by atoms with Crippen LogP contribution in [0.15, 0.2) is 0 Å². The summed E-state index contributed by atoms with van der Waals surface area (Å²) in [7, 11) is 1.84. The van der Waals surface area contributed by atoms with Gasteiger partial charge in [-0.1, -0.05) is 0 Å². The van der Waals surface area contributed by atoms with Gasteiger partial charge in [0.15, 0.2) is 0 Å². The van der Waals surface area contributed by atoms with E-state index in [0.717, 1.165) is 12.2 Å².